The number of carbonyl (C=O) groups excluding carboxylic acids is 2. The van der Waals surface area contributed by atoms with E-state index in [9.17, 15) is 14.0 Å². The molecule has 3 aromatic rings. The molecule has 196 valence electrons. The molecule has 2 heterocycles. The lowest BCUT2D eigenvalue weighted by Gasteiger charge is -2.34. The summed E-state index contributed by atoms with van der Waals surface area (Å²) in [6.07, 6.45) is 1.98. The van der Waals surface area contributed by atoms with Crippen LogP contribution in [0.5, 0.6) is 5.75 Å². The van der Waals surface area contributed by atoms with E-state index in [1.807, 2.05) is 32.9 Å². The Labute approximate surface area is 220 Å². The molecule has 0 bridgehead atoms. The van der Waals surface area contributed by atoms with Crippen LogP contribution in [-0.2, 0) is 9.53 Å². The smallest absolute Gasteiger partial charge is 0.407 e. The fourth-order valence-corrected chi connectivity index (χ4v) is 4.69. The molecule has 9 heteroatoms. The molecule has 37 heavy (non-hydrogen) atoms. The number of piperidine rings is 1. The topological polar surface area (TPSA) is 80.8 Å². The Balaban J connectivity index is 1.43. The van der Waals surface area contributed by atoms with Gasteiger partial charge >= 0.3 is 6.09 Å². The van der Waals surface area contributed by atoms with Crippen molar-refractivity contribution in [3.8, 4) is 16.9 Å². The van der Waals surface area contributed by atoms with Crippen LogP contribution in [0.2, 0.25) is 5.02 Å². The third-order valence-corrected chi connectivity index (χ3v) is 6.36. The van der Waals surface area contributed by atoms with Gasteiger partial charge in [-0.2, -0.15) is 0 Å². The Bertz CT molecular complexity index is 1310. The first-order valence-corrected chi connectivity index (χ1v) is 12.7. The third kappa shape index (κ3) is 6.68. The number of rotatable bonds is 5. The van der Waals surface area contributed by atoms with Crippen molar-refractivity contribution in [3.05, 3.63) is 59.5 Å². The van der Waals surface area contributed by atoms with Gasteiger partial charge in [0.2, 0.25) is 0 Å². The quantitative estimate of drug-likeness (QED) is 0.441. The number of amides is 2. The van der Waals surface area contributed by atoms with Gasteiger partial charge in [-0.3, -0.25) is 9.78 Å². The number of hydrogen-bond acceptors (Lipinski definition) is 5. The minimum absolute atomic E-state index is 0.157. The first kappa shape index (κ1) is 26.7. The van der Waals surface area contributed by atoms with Gasteiger partial charge < -0.3 is 19.7 Å². The van der Waals surface area contributed by atoms with Gasteiger partial charge in [-0.25, -0.2) is 9.18 Å². The first-order chi connectivity index (χ1) is 17.5. The summed E-state index contributed by atoms with van der Waals surface area (Å²) >= 11 is 6.28. The fraction of sp³-hybridized carbons (Fsp3) is 0.393. The molecular formula is C28H31ClFN3O4. The molecule has 1 aromatic heterocycles. The second kappa shape index (κ2) is 10.9. The van der Waals surface area contributed by atoms with Crippen molar-refractivity contribution in [2.24, 2.45) is 0 Å². The number of pyridine rings is 1. The number of carbonyl (C=O) groups is 2. The maximum Gasteiger partial charge on any atom is 0.407 e. The van der Waals surface area contributed by atoms with Crippen LogP contribution in [0, 0.1) is 5.82 Å². The van der Waals surface area contributed by atoms with Crippen molar-refractivity contribution in [3.63, 3.8) is 0 Å². The van der Waals surface area contributed by atoms with Crippen molar-refractivity contribution in [2.45, 2.75) is 58.3 Å². The van der Waals surface area contributed by atoms with E-state index >= 15 is 0 Å². The van der Waals surface area contributed by atoms with E-state index in [2.05, 4.69) is 10.3 Å². The zero-order chi connectivity index (χ0) is 26.7. The molecule has 0 aliphatic carbocycles. The summed E-state index contributed by atoms with van der Waals surface area (Å²) < 4.78 is 24.8. The summed E-state index contributed by atoms with van der Waals surface area (Å²) in [4.78, 5) is 31.4. The average Bonchev–Trinajstić information content (AvgIpc) is 2.82. The van der Waals surface area contributed by atoms with Crippen LogP contribution in [0.3, 0.4) is 0 Å². The van der Waals surface area contributed by atoms with Crippen LogP contribution in [0.25, 0.3) is 22.0 Å². The number of hydrogen-bond donors (Lipinski definition) is 1. The van der Waals surface area contributed by atoms with Crippen LogP contribution in [-0.4, -0.2) is 52.7 Å². The molecule has 1 aliphatic rings. The lowest BCUT2D eigenvalue weighted by Crippen LogP contribution is -2.52. The third-order valence-electron chi connectivity index (χ3n) is 6.05. The number of halogens is 2. The molecular weight excluding hydrogens is 497 g/mol. The molecule has 7 nitrogen and oxygen atoms in total. The Morgan fingerprint density at radius 3 is 2.68 bits per heavy atom. The molecule has 1 saturated heterocycles. The molecule has 4 rings (SSSR count). The highest BCUT2D eigenvalue weighted by atomic mass is 35.5. The maximum atomic E-state index is 13.5. The maximum absolute atomic E-state index is 13.5. The zero-order valence-corrected chi connectivity index (χ0v) is 22.1. The van der Waals surface area contributed by atoms with Crippen LogP contribution < -0.4 is 10.1 Å². The molecule has 2 amide bonds. The fourth-order valence-electron chi connectivity index (χ4n) is 4.42. The number of nitrogens with zero attached hydrogens (tertiary/aromatic N) is 2. The Hall–Kier alpha value is -3.39. The predicted octanol–water partition coefficient (Wildman–Crippen LogP) is 5.98. The Morgan fingerprint density at radius 2 is 1.95 bits per heavy atom. The van der Waals surface area contributed by atoms with Gasteiger partial charge in [0, 0.05) is 42.3 Å². The molecule has 0 saturated carbocycles. The Morgan fingerprint density at radius 1 is 1.16 bits per heavy atom. The molecule has 1 fully saturated rings. The van der Waals surface area contributed by atoms with Crippen molar-refractivity contribution >= 4 is 34.5 Å². The van der Waals surface area contributed by atoms with Gasteiger partial charge in [-0.15, -0.1) is 0 Å². The highest BCUT2D eigenvalue weighted by molar-refractivity contribution is 6.33. The molecule has 2 atom stereocenters. The van der Waals surface area contributed by atoms with E-state index in [-0.39, 0.29) is 11.9 Å². The van der Waals surface area contributed by atoms with Crippen molar-refractivity contribution in [1.29, 1.82) is 0 Å². The van der Waals surface area contributed by atoms with Gasteiger partial charge in [0.1, 0.15) is 17.2 Å². The van der Waals surface area contributed by atoms with Gasteiger partial charge in [0.05, 0.1) is 10.5 Å². The monoisotopic (exact) mass is 527 g/mol. The van der Waals surface area contributed by atoms with Crippen LogP contribution in [0.15, 0.2) is 48.7 Å². The van der Waals surface area contributed by atoms with E-state index in [0.29, 0.717) is 34.9 Å². The standard InChI is InChI=1S/C28H31ClFN3O4/c1-17(26(34)33-13-5-6-19(16-33)32-27(35)37-28(2,3)4)36-20-8-10-23-21(11-12-31-25(23)15-20)22-9-7-18(30)14-24(22)29/h7-12,14-15,17,19H,5-6,13,16H2,1-4H3,(H,32,35)/t17-,19+/m1/s1. The minimum atomic E-state index is -0.729. The second-order valence-corrected chi connectivity index (χ2v) is 10.6. The number of fused-ring (bicyclic) bond motifs is 1. The number of aromatic nitrogens is 1. The summed E-state index contributed by atoms with van der Waals surface area (Å²) in [5.41, 5.74) is 1.60. The number of nitrogens with one attached hydrogen (secondary N) is 1. The number of alkyl carbamates (subject to hydrolysis) is 1. The molecule has 2 aromatic carbocycles. The van der Waals surface area contributed by atoms with E-state index < -0.39 is 23.6 Å². The molecule has 1 N–H and O–H groups in total. The van der Waals surface area contributed by atoms with E-state index in [1.165, 1.54) is 12.1 Å². The van der Waals surface area contributed by atoms with Gasteiger partial charge in [-0.05, 0) is 82.5 Å². The van der Waals surface area contributed by atoms with E-state index in [1.54, 1.807) is 36.2 Å². The molecule has 1 aliphatic heterocycles. The molecule has 0 radical (unpaired) electrons. The van der Waals surface area contributed by atoms with Crippen molar-refractivity contribution in [1.82, 2.24) is 15.2 Å². The summed E-state index contributed by atoms with van der Waals surface area (Å²) in [5.74, 6) is -0.0543. The summed E-state index contributed by atoms with van der Waals surface area (Å²) in [7, 11) is 0. The SMILES string of the molecule is C[C@@H](Oc1ccc2c(-c3ccc(F)cc3Cl)ccnc2c1)C(=O)N1CCC[C@H](NC(=O)OC(C)(C)C)C1. The number of ether oxygens (including phenoxy) is 2. The normalized spacial score (nSPS) is 16.8. The van der Waals surface area contributed by atoms with Crippen molar-refractivity contribution in [2.75, 3.05) is 13.1 Å². The van der Waals surface area contributed by atoms with Crippen LogP contribution >= 0.6 is 11.6 Å². The van der Waals surface area contributed by atoms with Crippen molar-refractivity contribution < 1.29 is 23.5 Å². The highest BCUT2D eigenvalue weighted by Crippen LogP contribution is 2.34. The van der Waals surface area contributed by atoms with Gasteiger partial charge in [-0.1, -0.05) is 11.6 Å². The summed E-state index contributed by atoms with van der Waals surface area (Å²) in [5, 5.41) is 4.00. The first-order valence-electron chi connectivity index (χ1n) is 12.3. The average molecular weight is 528 g/mol. The number of likely N-dealkylation sites (tertiary alicyclic amines) is 1. The zero-order valence-electron chi connectivity index (χ0n) is 21.4. The summed E-state index contributed by atoms with van der Waals surface area (Å²) in [6.45, 7) is 8.13. The lowest BCUT2D eigenvalue weighted by molar-refractivity contribution is -0.139. The predicted molar refractivity (Wildman–Crippen MR) is 141 cm³/mol. The van der Waals surface area contributed by atoms with Crippen LogP contribution in [0.1, 0.15) is 40.5 Å². The minimum Gasteiger partial charge on any atom is -0.481 e. The summed E-state index contributed by atoms with van der Waals surface area (Å²) in [6, 6.07) is 11.3. The largest absolute Gasteiger partial charge is 0.481 e. The molecule has 0 unspecified atom stereocenters. The van der Waals surface area contributed by atoms with Crippen LogP contribution in [0.4, 0.5) is 9.18 Å². The molecule has 0 spiro atoms. The number of benzene rings is 2. The van der Waals surface area contributed by atoms with E-state index in [0.717, 1.165) is 23.8 Å². The van der Waals surface area contributed by atoms with E-state index in [4.69, 9.17) is 21.1 Å². The lowest BCUT2D eigenvalue weighted by atomic mass is 10.0. The van der Waals surface area contributed by atoms with Gasteiger partial charge in [0.25, 0.3) is 5.91 Å². The highest BCUT2D eigenvalue weighted by Gasteiger charge is 2.29. The Kier molecular flexibility index (Phi) is 7.87. The van der Waals surface area contributed by atoms with Gasteiger partial charge in [0.15, 0.2) is 6.10 Å². The second-order valence-electron chi connectivity index (χ2n) is 10.2.